The van der Waals surface area contributed by atoms with Gasteiger partial charge in [0.2, 0.25) is 0 Å². The highest BCUT2D eigenvalue weighted by Crippen LogP contribution is 2.23. The molecule has 2 rings (SSSR count). The Kier molecular flexibility index (Phi) is 15.2. The van der Waals surface area contributed by atoms with Gasteiger partial charge in [-0.1, -0.05) is 63.5 Å². The van der Waals surface area contributed by atoms with Gasteiger partial charge in [-0.25, -0.2) is 17.6 Å². The SMILES string of the molecule is Fc1c(Br)ccc(CCCCCCCCOCCCCCCCCc2ccc(Br)c(F)c2F)c1F. The molecule has 196 valence electrons. The van der Waals surface area contributed by atoms with Crippen LogP contribution in [0.1, 0.15) is 88.2 Å². The first kappa shape index (κ1) is 30.3. The maximum atomic E-state index is 13.8. The second-order valence-electron chi connectivity index (χ2n) is 9.02. The summed E-state index contributed by atoms with van der Waals surface area (Å²) in [5.41, 5.74) is 0.902. The standard InChI is InChI=1S/C28H36Br2F4O/c29-23-17-15-21(25(31)27(23)33)13-9-5-1-3-7-11-19-35-20-12-8-4-2-6-10-14-22-16-18-24(30)28(34)26(22)32/h15-18H,1-14,19-20H2. The fourth-order valence-electron chi connectivity index (χ4n) is 4.07. The van der Waals surface area contributed by atoms with E-state index in [0.29, 0.717) is 24.0 Å². The Morgan fingerprint density at radius 3 is 1.20 bits per heavy atom. The maximum Gasteiger partial charge on any atom is 0.173 e. The Morgan fingerprint density at radius 1 is 0.457 bits per heavy atom. The summed E-state index contributed by atoms with van der Waals surface area (Å²) in [6.07, 6.45) is 13.8. The number of ether oxygens (including phenoxy) is 1. The monoisotopic (exact) mass is 622 g/mol. The molecule has 0 fully saturated rings. The molecule has 0 spiro atoms. The number of rotatable bonds is 18. The van der Waals surface area contributed by atoms with E-state index in [1.165, 1.54) is 0 Å². The molecule has 0 N–H and O–H groups in total. The summed E-state index contributed by atoms with van der Waals surface area (Å²) in [6.45, 7) is 1.58. The van der Waals surface area contributed by atoms with Gasteiger partial charge >= 0.3 is 0 Å². The van der Waals surface area contributed by atoms with Gasteiger partial charge in [-0.05, 0) is 93.6 Å². The van der Waals surface area contributed by atoms with E-state index in [-0.39, 0.29) is 8.95 Å². The van der Waals surface area contributed by atoms with E-state index >= 15 is 0 Å². The summed E-state index contributed by atoms with van der Waals surface area (Å²) in [5, 5.41) is 0. The molecule has 0 aliphatic heterocycles. The number of hydrogen-bond donors (Lipinski definition) is 0. The maximum absolute atomic E-state index is 13.8. The molecule has 0 aliphatic carbocycles. The molecule has 0 aliphatic rings. The average Bonchev–Trinajstić information content (AvgIpc) is 2.85. The largest absolute Gasteiger partial charge is 0.381 e. The van der Waals surface area contributed by atoms with Crippen LogP contribution in [-0.4, -0.2) is 13.2 Å². The first-order chi connectivity index (χ1) is 16.9. The Hall–Kier alpha value is -0.920. The molecule has 0 heterocycles. The molecule has 0 saturated carbocycles. The second kappa shape index (κ2) is 17.5. The van der Waals surface area contributed by atoms with E-state index in [9.17, 15) is 17.6 Å². The molecule has 0 aromatic heterocycles. The van der Waals surface area contributed by atoms with Crippen molar-refractivity contribution in [1.82, 2.24) is 0 Å². The van der Waals surface area contributed by atoms with E-state index < -0.39 is 23.3 Å². The summed E-state index contributed by atoms with van der Waals surface area (Å²) >= 11 is 6.00. The van der Waals surface area contributed by atoms with Crippen LogP contribution in [0.15, 0.2) is 33.2 Å². The van der Waals surface area contributed by atoms with Crippen LogP contribution in [-0.2, 0) is 17.6 Å². The Labute approximate surface area is 224 Å². The molecule has 0 bridgehead atoms. The molecule has 0 amide bonds. The van der Waals surface area contributed by atoms with Crippen LogP contribution in [0.4, 0.5) is 17.6 Å². The van der Waals surface area contributed by atoms with Crippen LogP contribution in [0.5, 0.6) is 0 Å². The molecule has 2 aromatic carbocycles. The van der Waals surface area contributed by atoms with E-state index in [1.54, 1.807) is 24.3 Å². The minimum Gasteiger partial charge on any atom is -0.381 e. The van der Waals surface area contributed by atoms with Crippen molar-refractivity contribution in [1.29, 1.82) is 0 Å². The lowest BCUT2D eigenvalue weighted by Crippen LogP contribution is -1.98. The van der Waals surface area contributed by atoms with Crippen molar-refractivity contribution in [2.24, 2.45) is 0 Å². The quantitative estimate of drug-likeness (QED) is 0.0912. The zero-order valence-electron chi connectivity index (χ0n) is 20.3. The molecule has 0 radical (unpaired) electrons. The van der Waals surface area contributed by atoms with Gasteiger partial charge in [0.25, 0.3) is 0 Å². The van der Waals surface area contributed by atoms with Crippen LogP contribution in [0.3, 0.4) is 0 Å². The molecular weight excluding hydrogens is 588 g/mol. The minimum atomic E-state index is -0.799. The van der Waals surface area contributed by atoms with Crippen LogP contribution < -0.4 is 0 Å². The molecule has 7 heteroatoms. The van der Waals surface area contributed by atoms with Gasteiger partial charge in [-0.2, -0.15) is 0 Å². The third-order valence-corrected chi connectivity index (χ3v) is 7.42. The smallest absolute Gasteiger partial charge is 0.173 e. The van der Waals surface area contributed by atoms with Gasteiger partial charge in [0.15, 0.2) is 23.3 Å². The predicted molar refractivity (Wildman–Crippen MR) is 142 cm³/mol. The summed E-state index contributed by atoms with van der Waals surface area (Å²) in [5.74, 6) is -3.07. The molecule has 0 unspecified atom stereocenters. The first-order valence-electron chi connectivity index (χ1n) is 12.7. The highest BCUT2D eigenvalue weighted by Gasteiger charge is 2.12. The van der Waals surface area contributed by atoms with Crippen LogP contribution in [0.2, 0.25) is 0 Å². The molecule has 0 atom stereocenters. The number of unbranched alkanes of at least 4 members (excludes halogenated alkanes) is 10. The van der Waals surface area contributed by atoms with Gasteiger partial charge < -0.3 is 4.74 Å². The van der Waals surface area contributed by atoms with Crippen LogP contribution >= 0.6 is 31.9 Å². The van der Waals surface area contributed by atoms with Crippen molar-refractivity contribution in [3.05, 3.63) is 67.6 Å². The zero-order valence-corrected chi connectivity index (χ0v) is 23.5. The van der Waals surface area contributed by atoms with E-state index in [0.717, 1.165) is 90.3 Å². The molecule has 35 heavy (non-hydrogen) atoms. The lowest BCUT2D eigenvalue weighted by molar-refractivity contribution is 0.125. The number of halogens is 6. The summed E-state index contributed by atoms with van der Waals surface area (Å²) in [6, 6.07) is 6.43. The summed E-state index contributed by atoms with van der Waals surface area (Å²) in [4.78, 5) is 0. The van der Waals surface area contributed by atoms with Gasteiger partial charge in [0.1, 0.15) is 0 Å². The van der Waals surface area contributed by atoms with Crippen molar-refractivity contribution >= 4 is 31.9 Å². The number of aryl methyl sites for hydroxylation is 2. The third-order valence-electron chi connectivity index (χ3n) is 6.20. The summed E-state index contributed by atoms with van der Waals surface area (Å²) in [7, 11) is 0. The zero-order chi connectivity index (χ0) is 25.5. The Morgan fingerprint density at radius 2 is 0.800 bits per heavy atom. The lowest BCUT2D eigenvalue weighted by Gasteiger charge is -2.07. The summed E-state index contributed by atoms with van der Waals surface area (Å²) < 4.78 is 60.7. The fourth-order valence-corrected chi connectivity index (χ4v) is 4.69. The lowest BCUT2D eigenvalue weighted by atomic mass is 10.0. The molecular formula is C28H36Br2F4O. The predicted octanol–water partition coefficient (Wildman–Crippen LogP) is 10.3. The number of hydrogen-bond acceptors (Lipinski definition) is 1. The van der Waals surface area contributed by atoms with Gasteiger partial charge in [-0.3, -0.25) is 0 Å². The van der Waals surface area contributed by atoms with E-state index in [4.69, 9.17) is 4.74 Å². The molecule has 0 saturated heterocycles. The van der Waals surface area contributed by atoms with E-state index in [1.807, 2.05) is 0 Å². The highest BCUT2D eigenvalue weighted by molar-refractivity contribution is 9.10. The molecule has 2 aromatic rings. The Bertz CT molecular complexity index is 820. The number of benzene rings is 2. The van der Waals surface area contributed by atoms with Gasteiger partial charge in [0.05, 0.1) is 8.95 Å². The van der Waals surface area contributed by atoms with Crippen LogP contribution in [0, 0.1) is 23.3 Å². The van der Waals surface area contributed by atoms with Crippen molar-refractivity contribution in [2.45, 2.75) is 89.9 Å². The minimum absolute atomic E-state index is 0.169. The van der Waals surface area contributed by atoms with Crippen molar-refractivity contribution in [3.63, 3.8) is 0 Å². The van der Waals surface area contributed by atoms with Crippen LogP contribution in [0.25, 0.3) is 0 Å². The fraction of sp³-hybridized carbons (Fsp3) is 0.571. The van der Waals surface area contributed by atoms with Gasteiger partial charge in [0, 0.05) is 13.2 Å². The van der Waals surface area contributed by atoms with Crippen molar-refractivity contribution in [3.8, 4) is 0 Å². The third kappa shape index (κ3) is 11.3. The van der Waals surface area contributed by atoms with Gasteiger partial charge in [-0.15, -0.1) is 0 Å². The second-order valence-corrected chi connectivity index (χ2v) is 10.7. The van der Waals surface area contributed by atoms with Crippen molar-refractivity contribution in [2.75, 3.05) is 13.2 Å². The van der Waals surface area contributed by atoms with Crippen molar-refractivity contribution < 1.29 is 22.3 Å². The normalized spacial score (nSPS) is 11.4. The topological polar surface area (TPSA) is 9.23 Å². The average molecular weight is 624 g/mol. The molecule has 1 nitrogen and oxygen atoms in total. The Balaban J connectivity index is 1.34. The first-order valence-corrected chi connectivity index (χ1v) is 14.3. The highest BCUT2D eigenvalue weighted by atomic mass is 79.9. The van der Waals surface area contributed by atoms with E-state index in [2.05, 4.69) is 31.9 Å².